The predicted octanol–water partition coefficient (Wildman–Crippen LogP) is 3.38. The maximum Gasteiger partial charge on any atom is 2.00 e. The zero-order chi connectivity index (χ0) is 13.5. The second-order valence-corrected chi connectivity index (χ2v) is 5.82. The largest absolute Gasteiger partial charge is 2.00 e. The first kappa shape index (κ1) is 20.6. The summed E-state index contributed by atoms with van der Waals surface area (Å²) in [5.41, 5.74) is 0.506. The number of ketones is 1. The van der Waals surface area contributed by atoms with Gasteiger partial charge in [0.1, 0.15) is 5.78 Å². The molecule has 0 amide bonds. The van der Waals surface area contributed by atoms with E-state index < -0.39 is 0 Å². The molecule has 0 atom stereocenters. The van der Waals surface area contributed by atoms with Gasteiger partial charge in [-0.3, -0.25) is 4.79 Å². The van der Waals surface area contributed by atoms with Gasteiger partial charge >= 0.3 is 21.1 Å². The van der Waals surface area contributed by atoms with Crippen molar-refractivity contribution in [3.05, 3.63) is 13.8 Å². The molecule has 0 bridgehead atoms. The van der Waals surface area contributed by atoms with Gasteiger partial charge in [0, 0.05) is 6.42 Å². The molecule has 1 fully saturated rings. The molecule has 1 saturated heterocycles. The standard InChI is InChI=1S/C9H18N.C6H11O.W/c1-5-10-6-8(7-10)9(2,3)4;1-3-5-6(7)4-2;/h8H,1,5-7H2,2-4H3;1,3-5H2,2H3;/q2*-1;+2. The van der Waals surface area contributed by atoms with E-state index in [1.54, 1.807) is 0 Å². The van der Waals surface area contributed by atoms with Crippen molar-refractivity contribution in [2.24, 2.45) is 11.3 Å². The predicted molar refractivity (Wildman–Crippen MR) is 74.6 cm³/mol. The Balaban J connectivity index is 0. The topological polar surface area (TPSA) is 20.3 Å². The Morgan fingerprint density at radius 2 is 1.78 bits per heavy atom. The van der Waals surface area contributed by atoms with Gasteiger partial charge in [0.15, 0.2) is 0 Å². The van der Waals surface area contributed by atoms with Crippen LogP contribution < -0.4 is 0 Å². The second-order valence-electron chi connectivity index (χ2n) is 5.82. The minimum atomic E-state index is 0. The van der Waals surface area contributed by atoms with Crippen molar-refractivity contribution < 1.29 is 25.9 Å². The van der Waals surface area contributed by atoms with Crippen LogP contribution >= 0.6 is 0 Å². The minimum absolute atomic E-state index is 0. The Kier molecular flexibility index (Phi) is 11.6. The zero-order valence-corrected chi connectivity index (χ0v) is 15.4. The third-order valence-corrected chi connectivity index (χ3v) is 3.35. The van der Waals surface area contributed by atoms with Crippen molar-refractivity contribution >= 4 is 5.78 Å². The molecule has 0 aromatic rings. The number of carbonyl (C=O) groups excluding carboxylic acids is 1. The molecule has 1 rings (SSSR count). The summed E-state index contributed by atoms with van der Waals surface area (Å²) in [5, 5.41) is 0. The monoisotopic (exact) mass is 423 g/mol. The Morgan fingerprint density at radius 1 is 1.28 bits per heavy atom. The van der Waals surface area contributed by atoms with Crippen LogP contribution in [0.1, 0.15) is 47.0 Å². The number of Topliss-reactive ketones (excluding diaryl/α,β-unsaturated/α-hetero) is 1. The van der Waals surface area contributed by atoms with Crippen LogP contribution in [-0.4, -0.2) is 30.3 Å². The van der Waals surface area contributed by atoms with Crippen molar-refractivity contribution in [1.29, 1.82) is 0 Å². The number of likely N-dealkylation sites (tertiary alicyclic amines) is 1. The van der Waals surface area contributed by atoms with Crippen LogP contribution in [0.4, 0.5) is 0 Å². The van der Waals surface area contributed by atoms with E-state index in [0.717, 1.165) is 18.9 Å². The van der Waals surface area contributed by atoms with Gasteiger partial charge in [-0.25, -0.2) is 0 Å². The van der Waals surface area contributed by atoms with Gasteiger partial charge in [-0.15, -0.1) is 6.54 Å². The Bertz CT molecular complexity index is 217. The SMILES string of the molecule is [CH2-]CCC(=O)CC.[CH2-]CN1CC(C(C)(C)C)C1.[W+2]. The molecule has 0 spiro atoms. The van der Waals surface area contributed by atoms with E-state index >= 15 is 0 Å². The first-order chi connectivity index (χ1) is 7.85. The van der Waals surface area contributed by atoms with E-state index in [0.29, 0.717) is 24.0 Å². The van der Waals surface area contributed by atoms with Crippen LogP contribution in [0.3, 0.4) is 0 Å². The van der Waals surface area contributed by atoms with Gasteiger partial charge in [-0.1, -0.05) is 27.7 Å². The molecule has 0 aliphatic carbocycles. The fourth-order valence-corrected chi connectivity index (χ4v) is 1.67. The van der Waals surface area contributed by atoms with Gasteiger partial charge in [0.05, 0.1) is 0 Å². The maximum absolute atomic E-state index is 10.4. The fourth-order valence-electron chi connectivity index (χ4n) is 1.67. The Morgan fingerprint density at radius 3 is 2.00 bits per heavy atom. The van der Waals surface area contributed by atoms with Crippen molar-refractivity contribution in [2.45, 2.75) is 47.0 Å². The molecule has 2 nitrogen and oxygen atoms in total. The molecule has 0 radical (unpaired) electrons. The third-order valence-electron chi connectivity index (χ3n) is 3.35. The molecule has 106 valence electrons. The van der Waals surface area contributed by atoms with E-state index in [4.69, 9.17) is 0 Å². The molecular weight excluding hydrogens is 394 g/mol. The molecule has 3 heteroatoms. The van der Waals surface area contributed by atoms with Crippen LogP contribution in [0.15, 0.2) is 0 Å². The smallest absolute Gasteiger partial charge is 0.343 e. The minimum Gasteiger partial charge on any atom is -0.343 e. The molecule has 0 aromatic carbocycles. The average molecular weight is 423 g/mol. The molecule has 18 heavy (non-hydrogen) atoms. The van der Waals surface area contributed by atoms with Gasteiger partial charge < -0.3 is 18.7 Å². The third kappa shape index (κ3) is 8.43. The summed E-state index contributed by atoms with van der Waals surface area (Å²) in [4.78, 5) is 12.8. The van der Waals surface area contributed by atoms with Gasteiger partial charge in [0.25, 0.3) is 0 Å². The summed E-state index contributed by atoms with van der Waals surface area (Å²) in [7, 11) is 0. The van der Waals surface area contributed by atoms with Crippen LogP contribution in [0.5, 0.6) is 0 Å². The van der Waals surface area contributed by atoms with Crippen LogP contribution in [0.25, 0.3) is 0 Å². The first-order valence-electron chi connectivity index (χ1n) is 6.67. The van der Waals surface area contributed by atoms with Crippen LogP contribution in [0, 0.1) is 25.2 Å². The van der Waals surface area contributed by atoms with E-state index in [1.807, 2.05) is 6.92 Å². The van der Waals surface area contributed by atoms with Crippen molar-refractivity contribution in [3.63, 3.8) is 0 Å². The van der Waals surface area contributed by atoms with Crippen molar-refractivity contribution in [3.8, 4) is 0 Å². The second kappa shape index (κ2) is 10.1. The summed E-state index contributed by atoms with van der Waals surface area (Å²) in [5.74, 6) is 1.21. The molecule has 0 aromatic heterocycles. The van der Waals surface area contributed by atoms with E-state index in [1.165, 1.54) is 13.1 Å². The fraction of sp³-hybridized carbons (Fsp3) is 0.800. The van der Waals surface area contributed by atoms with Crippen molar-refractivity contribution in [1.82, 2.24) is 4.90 Å². The van der Waals surface area contributed by atoms with E-state index in [-0.39, 0.29) is 21.1 Å². The summed E-state index contributed by atoms with van der Waals surface area (Å²) in [6.45, 7) is 19.7. The normalized spacial score (nSPS) is 16.1. The Labute approximate surface area is 128 Å². The van der Waals surface area contributed by atoms with E-state index in [9.17, 15) is 4.79 Å². The van der Waals surface area contributed by atoms with Crippen LogP contribution in [0.2, 0.25) is 0 Å². The van der Waals surface area contributed by atoms with Crippen LogP contribution in [-0.2, 0) is 25.9 Å². The number of carbonyl (C=O) groups is 1. The number of nitrogens with zero attached hydrogens (tertiary/aromatic N) is 1. The molecule has 0 unspecified atom stereocenters. The molecule has 0 saturated carbocycles. The maximum atomic E-state index is 10.4. The van der Waals surface area contributed by atoms with Gasteiger partial charge in [-0.05, 0) is 30.8 Å². The summed E-state index contributed by atoms with van der Waals surface area (Å²) < 4.78 is 0. The number of hydrogen-bond acceptors (Lipinski definition) is 2. The van der Waals surface area contributed by atoms with Gasteiger partial charge in [0.2, 0.25) is 0 Å². The summed E-state index contributed by atoms with van der Waals surface area (Å²) in [6.07, 6.45) is 2.05. The van der Waals surface area contributed by atoms with Gasteiger partial charge in [-0.2, -0.15) is 6.42 Å². The summed E-state index contributed by atoms with van der Waals surface area (Å²) >= 11 is 0. The first-order valence-corrected chi connectivity index (χ1v) is 6.67. The van der Waals surface area contributed by atoms with E-state index in [2.05, 4.69) is 39.5 Å². The van der Waals surface area contributed by atoms with Crippen molar-refractivity contribution in [2.75, 3.05) is 19.6 Å². The molecule has 1 aliphatic rings. The zero-order valence-electron chi connectivity index (χ0n) is 12.5. The molecular formula is C15H29NOW. The molecule has 1 heterocycles. The molecule has 0 N–H and O–H groups in total. The number of rotatable bonds is 4. The number of hydrogen-bond donors (Lipinski definition) is 0. The molecule has 1 aliphatic heterocycles. The summed E-state index contributed by atoms with van der Waals surface area (Å²) in [6, 6.07) is 0. The quantitative estimate of drug-likeness (QED) is 0.647. The average Bonchev–Trinajstić information content (AvgIpc) is 2.15. The Hall–Kier alpha value is 0.318.